The average molecular weight is 404 g/mol. The van der Waals surface area contributed by atoms with E-state index in [1.807, 2.05) is 32.0 Å². The number of para-hydroxylation sites is 1. The molecule has 1 amide bonds. The first-order valence-corrected chi connectivity index (χ1v) is 10.2. The molecule has 2 rings (SSSR count). The normalized spacial score (nSPS) is 11.1. The minimum atomic E-state index is -3.86. The molecule has 150 valence electrons. The fourth-order valence-electron chi connectivity index (χ4n) is 2.61. The zero-order valence-electron chi connectivity index (χ0n) is 16.3. The summed E-state index contributed by atoms with van der Waals surface area (Å²) in [7, 11) is -3.86. The van der Waals surface area contributed by atoms with Crippen LogP contribution in [-0.2, 0) is 24.3 Å². The number of aryl methyl sites for hydroxylation is 4. The smallest absolute Gasteiger partial charge is 0.321 e. The molecular weight excluding hydrogens is 380 g/mol. The summed E-state index contributed by atoms with van der Waals surface area (Å²) in [6.07, 6.45) is 0. The molecule has 0 atom stereocenters. The lowest BCUT2D eigenvalue weighted by atomic mass is 10.1. The number of rotatable bonds is 7. The molecule has 0 aromatic heterocycles. The summed E-state index contributed by atoms with van der Waals surface area (Å²) in [5.41, 5.74) is 3.80. The molecule has 0 aliphatic heterocycles. The summed E-state index contributed by atoms with van der Waals surface area (Å²) in [6, 6.07) is 10.6. The van der Waals surface area contributed by atoms with Gasteiger partial charge in [0.2, 0.25) is 10.0 Å². The van der Waals surface area contributed by atoms with Gasteiger partial charge in [0.05, 0.1) is 4.90 Å². The second-order valence-electron chi connectivity index (χ2n) is 6.57. The highest BCUT2D eigenvalue weighted by Crippen LogP contribution is 2.19. The molecule has 0 spiro atoms. The molecule has 0 heterocycles. The Hall–Kier alpha value is -2.71. The number of carbonyl (C=O) groups is 2. The van der Waals surface area contributed by atoms with Crippen LogP contribution in [0, 0.1) is 27.7 Å². The van der Waals surface area contributed by atoms with Gasteiger partial charge in [0.1, 0.15) is 6.54 Å². The van der Waals surface area contributed by atoms with E-state index in [4.69, 9.17) is 4.74 Å². The van der Waals surface area contributed by atoms with Crippen molar-refractivity contribution in [2.45, 2.75) is 32.6 Å². The molecule has 2 N–H and O–H groups in total. The first kappa shape index (κ1) is 21.6. The zero-order valence-corrected chi connectivity index (χ0v) is 17.1. The Kier molecular flexibility index (Phi) is 6.93. The minimum Gasteiger partial charge on any atom is -0.455 e. The lowest BCUT2D eigenvalue weighted by molar-refractivity contribution is -0.146. The van der Waals surface area contributed by atoms with Crippen LogP contribution in [0.3, 0.4) is 0 Å². The molecule has 0 bridgehead atoms. The van der Waals surface area contributed by atoms with Crippen LogP contribution in [0.15, 0.2) is 41.3 Å². The maximum absolute atomic E-state index is 12.4. The summed E-state index contributed by atoms with van der Waals surface area (Å²) in [6.45, 7) is 6.10. The van der Waals surface area contributed by atoms with Crippen LogP contribution in [0.4, 0.5) is 5.69 Å². The summed E-state index contributed by atoms with van der Waals surface area (Å²) in [5, 5.41) is 2.69. The number of amides is 1. The predicted octanol–water partition coefficient (Wildman–Crippen LogP) is 2.38. The summed E-state index contributed by atoms with van der Waals surface area (Å²) in [5.74, 6) is -1.34. The minimum absolute atomic E-state index is 0.105. The van der Waals surface area contributed by atoms with E-state index in [0.717, 1.165) is 16.7 Å². The van der Waals surface area contributed by atoms with Gasteiger partial charge in [-0.1, -0.05) is 30.3 Å². The summed E-state index contributed by atoms with van der Waals surface area (Å²) in [4.78, 5) is 23.9. The molecule has 0 radical (unpaired) electrons. The zero-order chi connectivity index (χ0) is 20.9. The van der Waals surface area contributed by atoms with Crippen LogP contribution in [0.1, 0.15) is 22.3 Å². The highest BCUT2D eigenvalue weighted by Gasteiger charge is 2.19. The Balaban J connectivity index is 1.89. The maximum atomic E-state index is 12.4. The van der Waals surface area contributed by atoms with Gasteiger partial charge >= 0.3 is 5.97 Å². The number of hydrogen-bond donors (Lipinski definition) is 2. The van der Waals surface area contributed by atoms with Gasteiger partial charge in [0, 0.05) is 5.69 Å². The number of benzene rings is 2. The molecule has 0 fully saturated rings. The van der Waals surface area contributed by atoms with E-state index >= 15 is 0 Å². The van der Waals surface area contributed by atoms with Crippen molar-refractivity contribution in [3.8, 4) is 0 Å². The van der Waals surface area contributed by atoms with E-state index in [-0.39, 0.29) is 4.90 Å². The number of anilines is 1. The van der Waals surface area contributed by atoms with Crippen LogP contribution in [-0.4, -0.2) is 33.4 Å². The van der Waals surface area contributed by atoms with Crippen LogP contribution in [0.2, 0.25) is 0 Å². The van der Waals surface area contributed by atoms with Crippen molar-refractivity contribution in [3.63, 3.8) is 0 Å². The number of carbonyl (C=O) groups excluding carboxylic acids is 2. The Labute approximate surface area is 165 Å². The lowest BCUT2D eigenvalue weighted by Gasteiger charge is -2.12. The second kappa shape index (κ2) is 8.99. The van der Waals surface area contributed by atoms with Gasteiger partial charge in [-0.05, 0) is 56.0 Å². The Morgan fingerprint density at radius 3 is 2.25 bits per heavy atom. The lowest BCUT2D eigenvalue weighted by Crippen LogP contribution is -2.32. The molecule has 2 aromatic carbocycles. The fraction of sp³-hybridized carbons (Fsp3) is 0.300. The van der Waals surface area contributed by atoms with Crippen molar-refractivity contribution in [1.82, 2.24) is 4.72 Å². The standard InChI is InChI=1S/C20H24N2O5S/c1-13-8-9-14(2)17(10-13)28(25,26)21-11-19(24)27-12-18(23)22-20-15(3)6-5-7-16(20)4/h5-10,21H,11-12H2,1-4H3,(H,22,23). The molecule has 0 saturated heterocycles. The third-order valence-electron chi connectivity index (χ3n) is 4.15. The molecule has 28 heavy (non-hydrogen) atoms. The third-order valence-corrected chi connectivity index (χ3v) is 5.69. The number of sulfonamides is 1. The molecule has 8 heteroatoms. The van der Waals surface area contributed by atoms with Crippen molar-refractivity contribution in [2.24, 2.45) is 0 Å². The topological polar surface area (TPSA) is 102 Å². The van der Waals surface area contributed by atoms with Crippen molar-refractivity contribution in [3.05, 3.63) is 58.7 Å². The van der Waals surface area contributed by atoms with Crippen LogP contribution < -0.4 is 10.0 Å². The van der Waals surface area contributed by atoms with Crippen LogP contribution in [0.5, 0.6) is 0 Å². The first-order chi connectivity index (χ1) is 13.1. The highest BCUT2D eigenvalue weighted by molar-refractivity contribution is 7.89. The summed E-state index contributed by atoms with van der Waals surface area (Å²) < 4.78 is 31.8. The summed E-state index contributed by atoms with van der Waals surface area (Å²) >= 11 is 0. The Morgan fingerprint density at radius 1 is 0.964 bits per heavy atom. The van der Waals surface area contributed by atoms with Gasteiger partial charge in [0.25, 0.3) is 5.91 Å². The SMILES string of the molecule is Cc1ccc(C)c(S(=O)(=O)NCC(=O)OCC(=O)Nc2c(C)cccc2C)c1. The fourth-order valence-corrected chi connectivity index (χ4v) is 3.91. The van der Waals surface area contributed by atoms with E-state index in [0.29, 0.717) is 11.3 Å². The number of nitrogens with one attached hydrogen (secondary N) is 2. The van der Waals surface area contributed by atoms with Crippen molar-refractivity contribution in [1.29, 1.82) is 0 Å². The average Bonchev–Trinajstić information content (AvgIpc) is 2.63. The number of esters is 1. The van der Waals surface area contributed by atoms with Gasteiger partial charge in [-0.2, -0.15) is 4.72 Å². The van der Waals surface area contributed by atoms with Gasteiger partial charge in [-0.15, -0.1) is 0 Å². The van der Waals surface area contributed by atoms with Crippen LogP contribution >= 0.6 is 0 Å². The van der Waals surface area contributed by atoms with Crippen molar-refractivity contribution >= 4 is 27.6 Å². The predicted molar refractivity (Wildman–Crippen MR) is 107 cm³/mol. The quantitative estimate of drug-likeness (QED) is 0.690. The van der Waals surface area contributed by atoms with Crippen molar-refractivity contribution in [2.75, 3.05) is 18.5 Å². The molecular formula is C20H24N2O5S. The second-order valence-corrected chi connectivity index (χ2v) is 8.30. The maximum Gasteiger partial charge on any atom is 0.321 e. The van der Waals surface area contributed by atoms with Gasteiger partial charge in [-0.3, -0.25) is 9.59 Å². The molecule has 0 unspecified atom stereocenters. The Bertz CT molecular complexity index is 979. The first-order valence-electron chi connectivity index (χ1n) is 8.69. The molecule has 2 aromatic rings. The molecule has 0 aliphatic rings. The van der Waals surface area contributed by atoms with E-state index < -0.39 is 35.1 Å². The van der Waals surface area contributed by atoms with E-state index in [1.165, 1.54) is 6.07 Å². The van der Waals surface area contributed by atoms with E-state index in [2.05, 4.69) is 10.0 Å². The monoisotopic (exact) mass is 404 g/mol. The van der Waals surface area contributed by atoms with Crippen molar-refractivity contribution < 1.29 is 22.7 Å². The molecule has 7 nitrogen and oxygen atoms in total. The highest BCUT2D eigenvalue weighted by atomic mass is 32.2. The van der Waals surface area contributed by atoms with Gasteiger partial charge < -0.3 is 10.1 Å². The largest absolute Gasteiger partial charge is 0.455 e. The van der Waals surface area contributed by atoms with E-state index in [9.17, 15) is 18.0 Å². The molecule has 0 aliphatic carbocycles. The molecule has 0 saturated carbocycles. The van der Waals surface area contributed by atoms with Gasteiger partial charge in [0.15, 0.2) is 6.61 Å². The third kappa shape index (κ3) is 5.64. The Morgan fingerprint density at radius 2 is 1.61 bits per heavy atom. The number of hydrogen-bond acceptors (Lipinski definition) is 5. The van der Waals surface area contributed by atoms with Gasteiger partial charge in [-0.25, -0.2) is 8.42 Å². The number of ether oxygens (including phenoxy) is 1. The van der Waals surface area contributed by atoms with Crippen LogP contribution in [0.25, 0.3) is 0 Å². The van der Waals surface area contributed by atoms with E-state index in [1.54, 1.807) is 26.0 Å².